The van der Waals surface area contributed by atoms with Crippen molar-refractivity contribution in [3.8, 4) is 0 Å². The highest BCUT2D eigenvalue weighted by molar-refractivity contribution is 6.30. The van der Waals surface area contributed by atoms with Crippen LogP contribution in [0.25, 0.3) is 10.9 Å². The number of nitrogens with zero attached hydrogens (tertiary/aromatic N) is 3. The highest BCUT2D eigenvalue weighted by atomic mass is 35.5. The smallest absolute Gasteiger partial charge is 0.157 e. The Morgan fingerprint density at radius 1 is 1.50 bits per heavy atom. The summed E-state index contributed by atoms with van der Waals surface area (Å²) in [5, 5.41) is 11.8. The fourth-order valence-electron chi connectivity index (χ4n) is 1.42. The maximum Gasteiger partial charge on any atom is 0.157 e. The number of rotatable bonds is 4. The molecule has 0 saturated carbocycles. The van der Waals surface area contributed by atoms with Crippen LogP contribution in [0.2, 0.25) is 5.15 Å². The Hall–Kier alpha value is -1.33. The number of aromatic nitrogens is 3. The van der Waals surface area contributed by atoms with E-state index in [1.165, 1.54) is 0 Å². The van der Waals surface area contributed by atoms with E-state index < -0.39 is 0 Å². The largest absolute Gasteiger partial charge is 0.367 e. The summed E-state index contributed by atoms with van der Waals surface area (Å²) in [4.78, 5) is 6.15. The first-order chi connectivity index (χ1) is 7.66. The summed E-state index contributed by atoms with van der Waals surface area (Å²) in [7, 11) is 4.07. The third-order valence-corrected chi connectivity index (χ3v) is 2.47. The maximum absolute atomic E-state index is 5.79. The lowest BCUT2D eigenvalue weighted by Gasteiger charge is -2.09. The molecule has 16 heavy (non-hydrogen) atoms. The molecule has 0 fully saturated rings. The molecule has 0 aromatic carbocycles. The van der Waals surface area contributed by atoms with Crippen molar-refractivity contribution in [2.45, 2.75) is 0 Å². The molecule has 2 aromatic rings. The summed E-state index contributed by atoms with van der Waals surface area (Å²) in [5.41, 5.74) is 0.896. The average Bonchev–Trinajstić information content (AvgIpc) is 2.60. The SMILES string of the molecule is CN(C)CCNc1n[nH]c2cc(Cl)ncc12. The number of halogens is 1. The second-order valence-electron chi connectivity index (χ2n) is 3.85. The third kappa shape index (κ3) is 2.43. The molecule has 2 heterocycles. The predicted octanol–water partition coefficient (Wildman–Crippen LogP) is 1.58. The fourth-order valence-corrected chi connectivity index (χ4v) is 1.58. The number of fused-ring (bicyclic) bond motifs is 1. The lowest BCUT2D eigenvalue weighted by molar-refractivity contribution is 0.425. The van der Waals surface area contributed by atoms with Crippen LogP contribution in [0.15, 0.2) is 12.3 Å². The van der Waals surface area contributed by atoms with Crippen LogP contribution in [0.4, 0.5) is 5.82 Å². The van der Waals surface area contributed by atoms with Gasteiger partial charge in [0, 0.05) is 25.4 Å². The molecule has 0 spiro atoms. The molecule has 0 bridgehead atoms. The van der Waals surface area contributed by atoms with Crippen LogP contribution in [0.3, 0.4) is 0 Å². The van der Waals surface area contributed by atoms with E-state index in [4.69, 9.17) is 11.6 Å². The van der Waals surface area contributed by atoms with Gasteiger partial charge in [-0.1, -0.05) is 11.6 Å². The average molecular weight is 240 g/mol. The van der Waals surface area contributed by atoms with Crippen molar-refractivity contribution >= 4 is 28.3 Å². The monoisotopic (exact) mass is 239 g/mol. The lowest BCUT2D eigenvalue weighted by Crippen LogP contribution is -2.20. The first kappa shape index (κ1) is 11.2. The van der Waals surface area contributed by atoms with Gasteiger partial charge in [-0.3, -0.25) is 5.10 Å². The molecule has 0 atom stereocenters. The Kier molecular flexibility index (Phi) is 3.26. The zero-order chi connectivity index (χ0) is 11.5. The minimum absolute atomic E-state index is 0.469. The molecule has 6 heteroatoms. The molecular weight excluding hydrogens is 226 g/mol. The Labute approximate surface area is 98.8 Å². The normalized spacial score (nSPS) is 11.2. The van der Waals surface area contributed by atoms with E-state index in [1.54, 1.807) is 12.3 Å². The number of hydrogen-bond donors (Lipinski definition) is 2. The van der Waals surface area contributed by atoms with Crippen molar-refractivity contribution in [1.29, 1.82) is 0 Å². The topological polar surface area (TPSA) is 56.8 Å². The van der Waals surface area contributed by atoms with E-state index in [9.17, 15) is 0 Å². The van der Waals surface area contributed by atoms with Crippen molar-refractivity contribution in [2.24, 2.45) is 0 Å². The van der Waals surface area contributed by atoms with Crippen molar-refractivity contribution in [2.75, 3.05) is 32.5 Å². The molecule has 0 amide bonds. The summed E-state index contributed by atoms with van der Waals surface area (Å²) < 4.78 is 0. The number of anilines is 1. The minimum Gasteiger partial charge on any atom is -0.367 e. The van der Waals surface area contributed by atoms with Crippen LogP contribution in [0.5, 0.6) is 0 Å². The standard InChI is InChI=1S/C10H14ClN5/c1-16(2)4-3-12-10-7-6-13-9(11)5-8(7)14-15-10/h5-6H,3-4H2,1-2H3,(H2,12,14,15). The summed E-state index contributed by atoms with van der Waals surface area (Å²) in [5.74, 6) is 0.820. The van der Waals surface area contributed by atoms with E-state index in [0.29, 0.717) is 5.15 Å². The highest BCUT2D eigenvalue weighted by Crippen LogP contribution is 2.21. The second kappa shape index (κ2) is 4.67. The van der Waals surface area contributed by atoms with Gasteiger partial charge in [-0.05, 0) is 14.1 Å². The third-order valence-electron chi connectivity index (χ3n) is 2.27. The quantitative estimate of drug-likeness (QED) is 0.796. The Balaban J connectivity index is 2.13. The minimum atomic E-state index is 0.469. The molecule has 2 aromatic heterocycles. The molecule has 5 nitrogen and oxygen atoms in total. The number of hydrogen-bond acceptors (Lipinski definition) is 4. The van der Waals surface area contributed by atoms with Crippen molar-refractivity contribution in [1.82, 2.24) is 20.1 Å². The van der Waals surface area contributed by atoms with Crippen LogP contribution < -0.4 is 5.32 Å². The number of likely N-dealkylation sites (N-methyl/N-ethyl adjacent to an activating group) is 1. The van der Waals surface area contributed by atoms with Gasteiger partial charge in [-0.25, -0.2) is 4.98 Å². The molecule has 2 rings (SSSR count). The zero-order valence-corrected chi connectivity index (χ0v) is 10.0. The molecule has 0 aliphatic rings. The number of H-pyrrole nitrogens is 1. The Morgan fingerprint density at radius 2 is 2.31 bits per heavy atom. The molecule has 0 unspecified atom stereocenters. The fraction of sp³-hybridized carbons (Fsp3) is 0.400. The summed E-state index contributed by atoms with van der Waals surface area (Å²) in [6, 6.07) is 1.76. The molecular formula is C10H14ClN5. The van der Waals surface area contributed by atoms with Gasteiger partial charge in [-0.15, -0.1) is 0 Å². The van der Waals surface area contributed by atoms with Gasteiger partial charge < -0.3 is 10.2 Å². The van der Waals surface area contributed by atoms with Crippen LogP contribution in [0, 0.1) is 0 Å². The summed E-state index contributed by atoms with van der Waals surface area (Å²) in [6.45, 7) is 1.80. The molecule has 0 aliphatic heterocycles. The van der Waals surface area contributed by atoms with Crippen molar-refractivity contribution < 1.29 is 0 Å². The van der Waals surface area contributed by atoms with Crippen LogP contribution in [0.1, 0.15) is 0 Å². The number of nitrogens with one attached hydrogen (secondary N) is 2. The zero-order valence-electron chi connectivity index (χ0n) is 9.29. The Bertz CT molecular complexity index is 479. The summed E-state index contributed by atoms with van der Waals surface area (Å²) >= 11 is 5.79. The van der Waals surface area contributed by atoms with Crippen LogP contribution in [-0.4, -0.2) is 47.3 Å². The first-order valence-electron chi connectivity index (χ1n) is 5.05. The van der Waals surface area contributed by atoms with Gasteiger partial charge >= 0.3 is 0 Å². The van der Waals surface area contributed by atoms with Gasteiger partial charge in [0.1, 0.15) is 5.15 Å². The molecule has 0 saturated heterocycles. The molecule has 2 N–H and O–H groups in total. The predicted molar refractivity (Wildman–Crippen MR) is 65.9 cm³/mol. The van der Waals surface area contributed by atoms with E-state index in [2.05, 4.69) is 25.4 Å². The van der Waals surface area contributed by atoms with E-state index in [-0.39, 0.29) is 0 Å². The lowest BCUT2D eigenvalue weighted by atomic mass is 10.3. The van der Waals surface area contributed by atoms with E-state index in [1.807, 2.05) is 14.1 Å². The van der Waals surface area contributed by atoms with Crippen molar-refractivity contribution in [3.63, 3.8) is 0 Å². The van der Waals surface area contributed by atoms with E-state index >= 15 is 0 Å². The second-order valence-corrected chi connectivity index (χ2v) is 4.24. The first-order valence-corrected chi connectivity index (χ1v) is 5.43. The number of aromatic amines is 1. The summed E-state index contributed by atoms with van der Waals surface area (Å²) in [6.07, 6.45) is 1.72. The van der Waals surface area contributed by atoms with Crippen LogP contribution in [-0.2, 0) is 0 Å². The molecule has 0 aliphatic carbocycles. The van der Waals surface area contributed by atoms with Gasteiger partial charge in [0.2, 0.25) is 0 Å². The van der Waals surface area contributed by atoms with Gasteiger partial charge in [0.15, 0.2) is 5.82 Å². The van der Waals surface area contributed by atoms with Crippen molar-refractivity contribution in [3.05, 3.63) is 17.4 Å². The van der Waals surface area contributed by atoms with Crippen LogP contribution >= 0.6 is 11.6 Å². The maximum atomic E-state index is 5.79. The number of pyridine rings is 1. The molecule has 0 radical (unpaired) electrons. The van der Waals surface area contributed by atoms with E-state index in [0.717, 1.165) is 29.8 Å². The Morgan fingerprint density at radius 3 is 3.06 bits per heavy atom. The van der Waals surface area contributed by atoms with Gasteiger partial charge in [0.25, 0.3) is 0 Å². The highest BCUT2D eigenvalue weighted by Gasteiger charge is 2.05. The van der Waals surface area contributed by atoms with Gasteiger partial charge in [0.05, 0.1) is 10.9 Å². The molecule has 86 valence electrons. The van der Waals surface area contributed by atoms with Gasteiger partial charge in [-0.2, -0.15) is 5.10 Å².